The molecule has 0 unspecified atom stereocenters. The van der Waals surface area contributed by atoms with E-state index in [4.69, 9.17) is 5.41 Å². The van der Waals surface area contributed by atoms with Crippen LogP contribution in [0.15, 0.2) is 0 Å². The van der Waals surface area contributed by atoms with E-state index < -0.39 is 0 Å². The molecule has 1 fully saturated rings. The third-order valence-electron chi connectivity index (χ3n) is 2.53. The van der Waals surface area contributed by atoms with Crippen LogP contribution in [0, 0.1) is 16.7 Å². The molecule has 11 heavy (non-hydrogen) atoms. The van der Waals surface area contributed by atoms with Gasteiger partial charge in [0.2, 0.25) is 0 Å². The van der Waals surface area contributed by atoms with Gasteiger partial charge in [-0.15, -0.1) is 0 Å². The van der Waals surface area contributed by atoms with Gasteiger partial charge in [0.1, 0.15) is 0 Å². The van der Waals surface area contributed by atoms with Gasteiger partial charge >= 0.3 is 0 Å². The zero-order chi connectivity index (χ0) is 8.48. The molecule has 0 radical (unpaired) electrons. The van der Waals surface area contributed by atoms with Gasteiger partial charge in [0, 0.05) is 13.6 Å². The first-order chi connectivity index (χ1) is 5.06. The summed E-state index contributed by atoms with van der Waals surface area (Å²) in [7, 11) is 1.97. The zero-order valence-corrected chi connectivity index (χ0v) is 7.72. The van der Waals surface area contributed by atoms with Crippen molar-refractivity contribution in [2.45, 2.75) is 26.7 Å². The van der Waals surface area contributed by atoms with Crippen molar-refractivity contribution in [3.05, 3.63) is 0 Å². The molecule has 1 aliphatic rings. The maximum Gasteiger partial charge on any atom is 0.0814 e. The Hall–Kier alpha value is -0.530. The van der Waals surface area contributed by atoms with Crippen LogP contribution < -0.4 is 0 Å². The van der Waals surface area contributed by atoms with Gasteiger partial charge in [0.25, 0.3) is 0 Å². The van der Waals surface area contributed by atoms with Crippen LogP contribution in [0.4, 0.5) is 0 Å². The number of nitrogens with zero attached hydrogens (tertiary/aromatic N) is 1. The molecular weight excluding hydrogens is 136 g/mol. The van der Waals surface area contributed by atoms with Crippen LogP contribution in [0.25, 0.3) is 0 Å². The Balaban J connectivity index is 2.31. The Morgan fingerprint density at radius 2 is 2.18 bits per heavy atom. The van der Waals surface area contributed by atoms with Crippen LogP contribution in [0.3, 0.4) is 0 Å². The van der Waals surface area contributed by atoms with Crippen LogP contribution >= 0.6 is 0 Å². The van der Waals surface area contributed by atoms with E-state index in [1.165, 1.54) is 19.2 Å². The summed E-state index contributed by atoms with van der Waals surface area (Å²) in [6.07, 6.45) is 4.06. The van der Waals surface area contributed by atoms with Gasteiger partial charge in [-0.25, -0.2) is 0 Å². The average Bonchev–Trinajstić information content (AvgIpc) is 1.84. The molecule has 0 aromatic carbocycles. The molecule has 1 saturated carbocycles. The van der Waals surface area contributed by atoms with Gasteiger partial charge in [-0.2, -0.15) is 0 Å². The van der Waals surface area contributed by atoms with Crippen molar-refractivity contribution in [1.82, 2.24) is 4.90 Å². The molecule has 2 nitrogen and oxygen atoms in total. The summed E-state index contributed by atoms with van der Waals surface area (Å²) >= 11 is 0. The maximum absolute atomic E-state index is 7.04. The molecule has 2 heteroatoms. The lowest BCUT2D eigenvalue weighted by Gasteiger charge is -2.45. The predicted octanol–water partition coefficient (Wildman–Crippen LogP) is 1.96. The lowest BCUT2D eigenvalue weighted by atomic mass is 9.64. The Morgan fingerprint density at radius 3 is 2.55 bits per heavy atom. The number of rotatable bonds is 3. The van der Waals surface area contributed by atoms with E-state index in [9.17, 15) is 0 Å². The minimum Gasteiger partial charge on any atom is -0.366 e. The van der Waals surface area contributed by atoms with Gasteiger partial charge in [-0.1, -0.05) is 13.8 Å². The third kappa shape index (κ3) is 1.95. The van der Waals surface area contributed by atoms with Crippen molar-refractivity contribution in [2.24, 2.45) is 11.3 Å². The van der Waals surface area contributed by atoms with Crippen molar-refractivity contribution in [3.63, 3.8) is 0 Å². The molecule has 0 amide bonds. The summed E-state index contributed by atoms with van der Waals surface area (Å²) < 4.78 is 0. The van der Waals surface area contributed by atoms with Gasteiger partial charge in [0.05, 0.1) is 6.34 Å². The first-order valence-electron chi connectivity index (χ1n) is 4.26. The first kappa shape index (κ1) is 8.57. The van der Waals surface area contributed by atoms with E-state index in [0.29, 0.717) is 5.41 Å². The normalized spacial score (nSPS) is 36.1. The van der Waals surface area contributed by atoms with E-state index in [1.807, 2.05) is 11.9 Å². The minimum atomic E-state index is 0.492. The number of hydrogen-bond acceptors (Lipinski definition) is 1. The molecule has 1 N–H and O–H groups in total. The summed E-state index contributed by atoms with van der Waals surface area (Å²) in [5, 5.41) is 7.04. The Kier molecular flexibility index (Phi) is 2.21. The fourth-order valence-corrected chi connectivity index (χ4v) is 2.40. The first-order valence-corrected chi connectivity index (χ1v) is 4.26. The molecule has 64 valence electrons. The smallest absolute Gasteiger partial charge is 0.0814 e. The molecule has 1 rings (SSSR count). The van der Waals surface area contributed by atoms with E-state index in [1.54, 1.807) is 0 Å². The highest BCUT2D eigenvalue weighted by molar-refractivity contribution is 5.50. The van der Waals surface area contributed by atoms with Gasteiger partial charge in [-0.05, 0) is 24.2 Å². The quantitative estimate of drug-likeness (QED) is 0.488. The SMILES string of the molecule is CC1CC(C)(CN(C)C=N)C1. The lowest BCUT2D eigenvalue weighted by molar-refractivity contribution is 0.0677. The Bertz CT molecular complexity index is 148. The summed E-state index contributed by atoms with van der Waals surface area (Å²) in [6.45, 7) is 5.65. The van der Waals surface area contributed by atoms with E-state index in [0.717, 1.165) is 12.5 Å². The summed E-state index contributed by atoms with van der Waals surface area (Å²) in [4.78, 5) is 1.96. The lowest BCUT2D eigenvalue weighted by Crippen LogP contribution is -2.41. The Morgan fingerprint density at radius 1 is 1.64 bits per heavy atom. The van der Waals surface area contributed by atoms with Crippen molar-refractivity contribution in [3.8, 4) is 0 Å². The highest BCUT2D eigenvalue weighted by Gasteiger charge is 2.37. The second kappa shape index (κ2) is 2.84. The van der Waals surface area contributed by atoms with Crippen LogP contribution in [0.2, 0.25) is 0 Å². The second-order valence-electron chi connectivity index (χ2n) is 4.37. The molecule has 0 spiro atoms. The monoisotopic (exact) mass is 154 g/mol. The fraction of sp³-hybridized carbons (Fsp3) is 0.889. The van der Waals surface area contributed by atoms with Crippen molar-refractivity contribution in [1.29, 1.82) is 5.41 Å². The molecule has 1 aliphatic carbocycles. The largest absolute Gasteiger partial charge is 0.366 e. The van der Waals surface area contributed by atoms with E-state index in [-0.39, 0.29) is 0 Å². The average molecular weight is 154 g/mol. The second-order valence-corrected chi connectivity index (χ2v) is 4.37. The van der Waals surface area contributed by atoms with E-state index in [2.05, 4.69) is 13.8 Å². The van der Waals surface area contributed by atoms with Crippen molar-refractivity contribution >= 4 is 6.34 Å². The van der Waals surface area contributed by atoms with Crippen molar-refractivity contribution < 1.29 is 0 Å². The fourth-order valence-electron chi connectivity index (χ4n) is 2.40. The highest BCUT2D eigenvalue weighted by atomic mass is 15.1. The molecule has 0 aliphatic heterocycles. The molecule has 0 aromatic rings. The van der Waals surface area contributed by atoms with Gasteiger partial charge < -0.3 is 4.90 Å². The molecule has 0 aromatic heterocycles. The Labute approximate surface area is 69.1 Å². The third-order valence-corrected chi connectivity index (χ3v) is 2.53. The van der Waals surface area contributed by atoms with Crippen LogP contribution in [-0.4, -0.2) is 24.8 Å². The van der Waals surface area contributed by atoms with Crippen LogP contribution in [0.1, 0.15) is 26.7 Å². The van der Waals surface area contributed by atoms with Crippen LogP contribution in [0.5, 0.6) is 0 Å². The van der Waals surface area contributed by atoms with Crippen LogP contribution in [-0.2, 0) is 0 Å². The minimum absolute atomic E-state index is 0.492. The van der Waals surface area contributed by atoms with Gasteiger partial charge in [-0.3, -0.25) is 5.41 Å². The standard InChI is InChI=1S/C9H18N2/c1-8-4-9(2,5-8)6-11(3)7-10/h7-8,10H,4-6H2,1-3H3. The summed E-state index contributed by atoms with van der Waals surface area (Å²) in [5.41, 5.74) is 0.492. The van der Waals surface area contributed by atoms with Crippen molar-refractivity contribution in [2.75, 3.05) is 13.6 Å². The topological polar surface area (TPSA) is 27.1 Å². The maximum atomic E-state index is 7.04. The molecule has 0 bridgehead atoms. The number of hydrogen-bond donors (Lipinski definition) is 1. The van der Waals surface area contributed by atoms with E-state index >= 15 is 0 Å². The molecular formula is C9H18N2. The zero-order valence-electron chi connectivity index (χ0n) is 7.72. The molecule has 0 saturated heterocycles. The molecule has 0 heterocycles. The summed E-state index contributed by atoms with van der Waals surface area (Å²) in [5.74, 6) is 0.902. The summed E-state index contributed by atoms with van der Waals surface area (Å²) in [6, 6.07) is 0. The predicted molar refractivity (Wildman–Crippen MR) is 47.9 cm³/mol. The number of nitrogens with one attached hydrogen (secondary N) is 1. The molecule has 0 atom stereocenters. The highest BCUT2D eigenvalue weighted by Crippen LogP contribution is 2.45. The van der Waals surface area contributed by atoms with Gasteiger partial charge in [0.15, 0.2) is 0 Å².